The van der Waals surface area contributed by atoms with Crippen molar-refractivity contribution in [2.24, 2.45) is 0 Å². The first kappa shape index (κ1) is 15.5. The predicted octanol–water partition coefficient (Wildman–Crippen LogP) is 2.77. The van der Waals surface area contributed by atoms with E-state index in [0.717, 1.165) is 11.1 Å². The predicted molar refractivity (Wildman–Crippen MR) is 85.9 cm³/mol. The highest BCUT2D eigenvalue weighted by atomic mass is 32.2. The molecule has 0 bridgehead atoms. The first-order valence-electron chi connectivity index (χ1n) is 6.66. The second-order valence-corrected chi connectivity index (χ2v) is 6.78. The highest BCUT2D eigenvalue weighted by Crippen LogP contribution is 2.31. The molecule has 0 aliphatic carbocycles. The molecule has 4 nitrogen and oxygen atoms in total. The van der Waals surface area contributed by atoms with Crippen LogP contribution in [-0.4, -0.2) is 34.9 Å². The van der Waals surface area contributed by atoms with Crippen LogP contribution in [0.5, 0.6) is 0 Å². The molecular formula is C16H19NO3S. The molecule has 0 heterocycles. The molecule has 0 aromatic heterocycles. The van der Waals surface area contributed by atoms with E-state index in [-0.39, 0.29) is 12.4 Å². The number of ether oxygens (including phenoxy) is 1. The highest BCUT2D eigenvalue weighted by molar-refractivity contribution is 7.92. The molecule has 2 rings (SSSR count). The highest BCUT2D eigenvalue weighted by Gasteiger charge is 2.20. The molecule has 0 fully saturated rings. The van der Waals surface area contributed by atoms with E-state index < -0.39 is 10.0 Å². The summed E-state index contributed by atoms with van der Waals surface area (Å²) in [6.45, 7) is 0.181. The summed E-state index contributed by atoms with van der Waals surface area (Å²) in [6, 6.07) is 17.2. The Kier molecular flexibility index (Phi) is 4.98. The summed E-state index contributed by atoms with van der Waals surface area (Å²) in [5.41, 5.74) is 2.54. The molecule has 5 heteroatoms. The fourth-order valence-corrected chi connectivity index (χ4v) is 3.20. The first-order valence-corrected chi connectivity index (χ1v) is 8.27. The van der Waals surface area contributed by atoms with Crippen molar-refractivity contribution < 1.29 is 13.2 Å². The number of hydrogen-bond donors (Lipinski definition) is 0. The molecule has 0 saturated carbocycles. The Bertz CT molecular complexity index is 684. The lowest BCUT2D eigenvalue weighted by Gasteiger charge is -2.22. The zero-order valence-corrected chi connectivity index (χ0v) is 13.0. The Balaban J connectivity index is 2.41. The van der Waals surface area contributed by atoms with Crippen molar-refractivity contribution in [2.75, 3.05) is 30.8 Å². The summed E-state index contributed by atoms with van der Waals surface area (Å²) >= 11 is 0. The quantitative estimate of drug-likeness (QED) is 0.824. The van der Waals surface area contributed by atoms with E-state index in [1.54, 1.807) is 7.05 Å². The molecule has 112 valence electrons. The molecule has 0 amide bonds. The minimum atomic E-state index is -3.40. The van der Waals surface area contributed by atoms with Gasteiger partial charge in [-0.1, -0.05) is 48.5 Å². The van der Waals surface area contributed by atoms with Crippen molar-refractivity contribution in [1.29, 1.82) is 0 Å². The molecular weight excluding hydrogens is 286 g/mol. The van der Waals surface area contributed by atoms with Gasteiger partial charge in [0.25, 0.3) is 0 Å². The minimum absolute atomic E-state index is 0.0386. The third-order valence-corrected chi connectivity index (χ3v) is 5.00. The number of rotatable bonds is 6. The van der Waals surface area contributed by atoms with E-state index >= 15 is 0 Å². The average molecular weight is 305 g/mol. The Morgan fingerprint density at radius 2 is 1.62 bits per heavy atom. The summed E-state index contributed by atoms with van der Waals surface area (Å²) in [4.78, 5) is 0. The Labute approximate surface area is 126 Å². The van der Waals surface area contributed by atoms with Gasteiger partial charge in [-0.3, -0.25) is 4.31 Å². The summed E-state index contributed by atoms with van der Waals surface area (Å²) in [5.74, 6) is -0.0386. The lowest BCUT2D eigenvalue weighted by molar-refractivity contribution is 0.217. The summed E-state index contributed by atoms with van der Waals surface area (Å²) in [5, 5.41) is 0. The zero-order valence-electron chi connectivity index (χ0n) is 12.2. The second-order valence-electron chi connectivity index (χ2n) is 4.66. The van der Waals surface area contributed by atoms with Crippen LogP contribution in [0.15, 0.2) is 54.6 Å². The standard InChI is InChI=1S/C16H19NO3S/c1-17(21(18,19)13-12-20-2)16-11-7-6-10-15(16)14-8-4-3-5-9-14/h3-11H,12-13H2,1-2H3. The van der Waals surface area contributed by atoms with E-state index in [4.69, 9.17) is 4.74 Å². The number of anilines is 1. The van der Waals surface area contributed by atoms with E-state index in [2.05, 4.69) is 0 Å². The summed E-state index contributed by atoms with van der Waals surface area (Å²) in [7, 11) is -0.328. The van der Waals surface area contributed by atoms with Crippen LogP contribution in [0.1, 0.15) is 0 Å². The second kappa shape index (κ2) is 6.74. The van der Waals surface area contributed by atoms with Crippen LogP contribution in [0, 0.1) is 0 Å². The van der Waals surface area contributed by atoms with Gasteiger partial charge in [0.1, 0.15) is 0 Å². The number of methoxy groups -OCH3 is 1. The Morgan fingerprint density at radius 1 is 1.00 bits per heavy atom. The van der Waals surface area contributed by atoms with Gasteiger partial charge in [-0.15, -0.1) is 0 Å². The van der Waals surface area contributed by atoms with Crippen molar-refractivity contribution in [3.63, 3.8) is 0 Å². The van der Waals surface area contributed by atoms with Gasteiger partial charge in [0, 0.05) is 19.7 Å². The molecule has 0 atom stereocenters. The van der Waals surface area contributed by atoms with Crippen LogP contribution < -0.4 is 4.31 Å². The zero-order chi connectivity index (χ0) is 15.3. The number of hydrogen-bond acceptors (Lipinski definition) is 3. The number of sulfonamides is 1. The van der Waals surface area contributed by atoms with Crippen LogP contribution >= 0.6 is 0 Å². The number of para-hydroxylation sites is 1. The molecule has 0 aliphatic rings. The first-order chi connectivity index (χ1) is 10.1. The van der Waals surface area contributed by atoms with Gasteiger partial charge < -0.3 is 4.74 Å². The molecule has 0 unspecified atom stereocenters. The van der Waals surface area contributed by atoms with Gasteiger partial charge in [0.05, 0.1) is 18.0 Å². The summed E-state index contributed by atoms with van der Waals surface area (Å²) < 4.78 is 30.8. The number of nitrogens with zero attached hydrogens (tertiary/aromatic N) is 1. The molecule has 0 N–H and O–H groups in total. The molecule has 0 aliphatic heterocycles. The molecule has 0 spiro atoms. The van der Waals surface area contributed by atoms with E-state index in [1.165, 1.54) is 11.4 Å². The Morgan fingerprint density at radius 3 is 2.29 bits per heavy atom. The van der Waals surface area contributed by atoms with Crippen molar-refractivity contribution in [1.82, 2.24) is 0 Å². The van der Waals surface area contributed by atoms with Crippen molar-refractivity contribution in [2.45, 2.75) is 0 Å². The summed E-state index contributed by atoms with van der Waals surface area (Å²) in [6.07, 6.45) is 0. The molecule has 21 heavy (non-hydrogen) atoms. The topological polar surface area (TPSA) is 46.6 Å². The minimum Gasteiger partial charge on any atom is -0.384 e. The van der Waals surface area contributed by atoms with E-state index in [1.807, 2.05) is 54.6 Å². The van der Waals surface area contributed by atoms with Crippen molar-refractivity contribution >= 4 is 15.7 Å². The van der Waals surface area contributed by atoms with Gasteiger partial charge in [-0.2, -0.15) is 0 Å². The molecule has 2 aromatic rings. The lowest BCUT2D eigenvalue weighted by Crippen LogP contribution is -2.31. The monoisotopic (exact) mass is 305 g/mol. The van der Waals surface area contributed by atoms with Crippen LogP contribution in [-0.2, 0) is 14.8 Å². The van der Waals surface area contributed by atoms with Crippen molar-refractivity contribution in [3.05, 3.63) is 54.6 Å². The average Bonchev–Trinajstić information content (AvgIpc) is 2.53. The molecule has 0 saturated heterocycles. The van der Waals surface area contributed by atoms with Crippen LogP contribution in [0.2, 0.25) is 0 Å². The SMILES string of the molecule is COCCS(=O)(=O)N(C)c1ccccc1-c1ccccc1. The van der Waals surface area contributed by atoms with Gasteiger partial charge in [-0.05, 0) is 11.6 Å². The van der Waals surface area contributed by atoms with Gasteiger partial charge in [0.15, 0.2) is 0 Å². The Hall–Kier alpha value is -1.85. The maximum absolute atomic E-state index is 12.3. The van der Waals surface area contributed by atoms with Gasteiger partial charge in [0.2, 0.25) is 10.0 Å². The third-order valence-electron chi connectivity index (χ3n) is 3.29. The smallest absolute Gasteiger partial charge is 0.237 e. The normalized spacial score (nSPS) is 11.3. The van der Waals surface area contributed by atoms with Gasteiger partial charge >= 0.3 is 0 Å². The molecule has 0 radical (unpaired) electrons. The fraction of sp³-hybridized carbons (Fsp3) is 0.250. The van der Waals surface area contributed by atoms with Crippen LogP contribution in [0.25, 0.3) is 11.1 Å². The molecule has 2 aromatic carbocycles. The maximum atomic E-state index is 12.3. The van der Waals surface area contributed by atoms with Gasteiger partial charge in [-0.25, -0.2) is 8.42 Å². The van der Waals surface area contributed by atoms with E-state index in [9.17, 15) is 8.42 Å². The van der Waals surface area contributed by atoms with E-state index in [0.29, 0.717) is 5.69 Å². The lowest BCUT2D eigenvalue weighted by atomic mass is 10.0. The third kappa shape index (κ3) is 3.62. The largest absolute Gasteiger partial charge is 0.384 e. The maximum Gasteiger partial charge on any atom is 0.237 e. The van der Waals surface area contributed by atoms with Crippen LogP contribution in [0.3, 0.4) is 0 Å². The fourth-order valence-electron chi connectivity index (χ4n) is 2.09. The number of benzene rings is 2. The van der Waals surface area contributed by atoms with Crippen LogP contribution in [0.4, 0.5) is 5.69 Å². The van der Waals surface area contributed by atoms with Crippen molar-refractivity contribution in [3.8, 4) is 11.1 Å².